The number of benzene rings is 1. The van der Waals surface area contributed by atoms with Crippen LogP contribution in [0.3, 0.4) is 0 Å². The summed E-state index contributed by atoms with van der Waals surface area (Å²) >= 11 is 0. The highest BCUT2D eigenvalue weighted by Gasteiger charge is 2.45. The standard InChI is InChI=1S/C21H23N5O5/c27-16-4-3-15(18(28)24-16)26-20(30)13-2-1-11(7-14(13)21(26)31)10-25-6-5-23-19(29)17(25)12-8-22-9-12/h1-2,7,12,15,17,22H,3-6,8-10H2,(H,23,29)(H,24,27,28). The summed E-state index contributed by atoms with van der Waals surface area (Å²) in [6.45, 7) is 3.36. The van der Waals surface area contributed by atoms with Crippen molar-refractivity contribution in [2.75, 3.05) is 26.2 Å². The van der Waals surface area contributed by atoms with Gasteiger partial charge in [0.1, 0.15) is 6.04 Å². The third-order valence-electron chi connectivity index (χ3n) is 6.51. The number of piperidine rings is 1. The van der Waals surface area contributed by atoms with Crippen molar-refractivity contribution in [3.63, 3.8) is 0 Å². The first-order valence-electron chi connectivity index (χ1n) is 10.5. The highest BCUT2D eigenvalue weighted by atomic mass is 16.2. The molecule has 1 aromatic carbocycles. The van der Waals surface area contributed by atoms with Crippen LogP contribution < -0.4 is 16.0 Å². The summed E-state index contributed by atoms with van der Waals surface area (Å²) in [4.78, 5) is 65.0. The average molecular weight is 425 g/mol. The second kappa shape index (κ2) is 7.54. The molecule has 2 unspecified atom stereocenters. The monoisotopic (exact) mass is 425 g/mol. The summed E-state index contributed by atoms with van der Waals surface area (Å²) in [5, 5.41) is 8.32. The lowest BCUT2D eigenvalue weighted by Gasteiger charge is -2.43. The Labute approximate surface area is 178 Å². The largest absolute Gasteiger partial charge is 0.353 e. The van der Waals surface area contributed by atoms with Gasteiger partial charge in [-0.15, -0.1) is 0 Å². The first-order valence-corrected chi connectivity index (χ1v) is 10.5. The van der Waals surface area contributed by atoms with Gasteiger partial charge in [0, 0.05) is 45.1 Å². The summed E-state index contributed by atoms with van der Waals surface area (Å²) in [6.07, 6.45) is 0.215. The van der Waals surface area contributed by atoms with E-state index >= 15 is 0 Å². The molecule has 4 aliphatic heterocycles. The van der Waals surface area contributed by atoms with Crippen molar-refractivity contribution >= 4 is 29.5 Å². The second-order valence-electron chi connectivity index (χ2n) is 8.45. The predicted molar refractivity (Wildman–Crippen MR) is 107 cm³/mol. The molecule has 0 spiro atoms. The highest BCUT2D eigenvalue weighted by Crippen LogP contribution is 2.29. The second-order valence-corrected chi connectivity index (χ2v) is 8.45. The predicted octanol–water partition coefficient (Wildman–Crippen LogP) is -1.39. The van der Waals surface area contributed by atoms with Crippen LogP contribution in [-0.4, -0.2) is 77.6 Å². The molecule has 10 heteroatoms. The Hall–Kier alpha value is -3.11. The van der Waals surface area contributed by atoms with Crippen LogP contribution in [0, 0.1) is 5.92 Å². The van der Waals surface area contributed by atoms with Gasteiger partial charge in [-0.1, -0.05) is 6.07 Å². The summed E-state index contributed by atoms with van der Waals surface area (Å²) in [5.41, 5.74) is 1.35. The zero-order valence-corrected chi connectivity index (χ0v) is 16.8. The van der Waals surface area contributed by atoms with E-state index in [0.717, 1.165) is 23.6 Å². The van der Waals surface area contributed by atoms with E-state index in [2.05, 4.69) is 20.9 Å². The molecule has 5 rings (SSSR count). The molecule has 3 fully saturated rings. The van der Waals surface area contributed by atoms with E-state index in [-0.39, 0.29) is 41.8 Å². The molecular weight excluding hydrogens is 402 g/mol. The number of carbonyl (C=O) groups excluding carboxylic acids is 5. The van der Waals surface area contributed by atoms with Crippen LogP contribution in [0.5, 0.6) is 0 Å². The zero-order valence-electron chi connectivity index (χ0n) is 16.8. The Bertz CT molecular complexity index is 1000. The average Bonchev–Trinajstić information content (AvgIpc) is 2.94. The van der Waals surface area contributed by atoms with Gasteiger partial charge in [0.15, 0.2) is 0 Å². The number of piperazine rings is 1. The normalized spacial score (nSPS) is 27.1. The summed E-state index contributed by atoms with van der Waals surface area (Å²) < 4.78 is 0. The number of imide groups is 2. The van der Waals surface area contributed by atoms with Crippen LogP contribution in [-0.2, 0) is 20.9 Å². The lowest BCUT2D eigenvalue weighted by atomic mass is 9.90. The maximum Gasteiger partial charge on any atom is 0.262 e. The number of hydrogen-bond donors (Lipinski definition) is 3. The van der Waals surface area contributed by atoms with Crippen LogP contribution in [0.15, 0.2) is 18.2 Å². The van der Waals surface area contributed by atoms with Gasteiger partial charge in [-0.2, -0.15) is 0 Å². The number of fused-ring (bicyclic) bond motifs is 1. The van der Waals surface area contributed by atoms with Gasteiger partial charge < -0.3 is 10.6 Å². The van der Waals surface area contributed by atoms with Crippen LogP contribution in [0.1, 0.15) is 39.1 Å². The number of nitrogens with one attached hydrogen (secondary N) is 3. The van der Waals surface area contributed by atoms with Crippen molar-refractivity contribution < 1.29 is 24.0 Å². The Kier molecular flexibility index (Phi) is 4.82. The molecule has 10 nitrogen and oxygen atoms in total. The Morgan fingerprint density at radius 1 is 0.968 bits per heavy atom. The molecule has 0 radical (unpaired) electrons. The molecule has 3 saturated heterocycles. The molecule has 31 heavy (non-hydrogen) atoms. The quantitative estimate of drug-likeness (QED) is 0.507. The third kappa shape index (κ3) is 3.31. The third-order valence-corrected chi connectivity index (χ3v) is 6.51. The van der Waals surface area contributed by atoms with Crippen LogP contribution >= 0.6 is 0 Å². The summed E-state index contributed by atoms with van der Waals surface area (Å²) in [6, 6.07) is 3.89. The van der Waals surface area contributed by atoms with Crippen molar-refractivity contribution in [1.29, 1.82) is 0 Å². The van der Waals surface area contributed by atoms with Gasteiger partial charge in [-0.3, -0.25) is 39.1 Å². The van der Waals surface area contributed by atoms with E-state index in [1.54, 1.807) is 18.2 Å². The zero-order chi connectivity index (χ0) is 21.7. The fraction of sp³-hybridized carbons (Fsp3) is 0.476. The Balaban J connectivity index is 1.37. The fourth-order valence-corrected chi connectivity index (χ4v) is 4.81. The molecule has 3 N–H and O–H groups in total. The minimum Gasteiger partial charge on any atom is -0.353 e. The smallest absolute Gasteiger partial charge is 0.262 e. The van der Waals surface area contributed by atoms with E-state index in [1.165, 1.54) is 0 Å². The first-order chi connectivity index (χ1) is 14.9. The van der Waals surface area contributed by atoms with Gasteiger partial charge in [0.05, 0.1) is 17.2 Å². The number of amides is 5. The first kappa shape index (κ1) is 19.8. The SMILES string of the molecule is O=C1CCC(N2C(=O)c3ccc(CN4CCNC(=O)C4C4CNC4)cc3C2=O)C(=O)N1. The maximum absolute atomic E-state index is 13.0. The molecule has 1 aromatic rings. The van der Waals surface area contributed by atoms with Crippen molar-refractivity contribution in [3.8, 4) is 0 Å². The van der Waals surface area contributed by atoms with Crippen LogP contribution in [0.2, 0.25) is 0 Å². The summed E-state index contributed by atoms with van der Waals surface area (Å²) in [7, 11) is 0. The minimum absolute atomic E-state index is 0.0224. The molecule has 4 heterocycles. The van der Waals surface area contributed by atoms with Crippen molar-refractivity contribution in [1.82, 2.24) is 25.8 Å². The van der Waals surface area contributed by atoms with Crippen molar-refractivity contribution in [3.05, 3.63) is 34.9 Å². The van der Waals surface area contributed by atoms with Gasteiger partial charge in [0.25, 0.3) is 11.8 Å². The van der Waals surface area contributed by atoms with E-state index in [4.69, 9.17) is 0 Å². The Morgan fingerprint density at radius 2 is 1.74 bits per heavy atom. The lowest BCUT2D eigenvalue weighted by molar-refractivity contribution is -0.136. The number of rotatable bonds is 4. The molecule has 0 aromatic heterocycles. The Morgan fingerprint density at radius 3 is 2.45 bits per heavy atom. The van der Waals surface area contributed by atoms with Gasteiger partial charge >= 0.3 is 0 Å². The van der Waals surface area contributed by atoms with E-state index < -0.39 is 29.7 Å². The van der Waals surface area contributed by atoms with Gasteiger partial charge in [0.2, 0.25) is 17.7 Å². The van der Waals surface area contributed by atoms with E-state index in [9.17, 15) is 24.0 Å². The maximum atomic E-state index is 13.0. The molecule has 162 valence electrons. The number of hydrogen-bond acceptors (Lipinski definition) is 7. The molecule has 0 saturated carbocycles. The highest BCUT2D eigenvalue weighted by molar-refractivity contribution is 6.23. The molecule has 2 atom stereocenters. The minimum atomic E-state index is -0.977. The summed E-state index contributed by atoms with van der Waals surface area (Å²) in [5.74, 6) is -1.79. The van der Waals surface area contributed by atoms with Gasteiger partial charge in [-0.25, -0.2) is 0 Å². The molecule has 4 aliphatic rings. The molecule has 0 bridgehead atoms. The molecule has 5 amide bonds. The van der Waals surface area contributed by atoms with Crippen LogP contribution in [0.25, 0.3) is 0 Å². The lowest BCUT2D eigenvalue weighted by Crippen LogP contribution is -2.64. The number of carbonyl (C=O) groups is 5. The topological polar surface area (TPSA) is 128 Å². The van der Waals surface area contributed by atoms with Crippen molar-refractivity contribution in [2.45, 2.75) is 31.5 Å². The van der Waals surface area contributed by atoms with E-state index in [1.807, 2.05) is 0 Å². The number of nitrogens with zero attached hydrogens (tertiary/aromatic N) is 2. The molecule has 0 aliphatic carbocycles. The fourth-order valence-electron chi connectivity index (χ4n) is 4.81. The van der Waals surface area contributed by atoms with Gasteiger partial charge in [-0.05, 0) is 24.1 Å². The molecular formula is C21H23N5O5. The van der Waals surface area contributed by atoms with Crippen LogP contribution in [0.4, 0.5) is 0 Å². The van der Waals surface area contributed by atoms with E-state index in [0.29, 0.717) is 19.6 Å². The van der Waals surface area contributed by atoms with Crippen molar-refractivity contribution in [2.24, 2.45) is 5.92 Å².